The maximum atomic E-state index is 13.4. The molecule has 2 heteroatoms. The van der Waals surface area contributed by atoms with Crippen molar-refractivity contribution in [2.24, 2.45) is 0 Å². The van der Waals surface area contributed by atoms with Gasteiger partial charge >= 0.3 is 0 Å². The molecule has 2 nitrogen and oxygen atoms in total. The lowest BCUT2D eigenvalue weighted by Crippen LogP contribution is -2.55. The van der Waals surface area contributed by atoms with Crippen LogP contribution in [0, 0.1) is 0 Å². The van der Waals surface area contributed by atoms with Gasteiger partial charge in [0.05, 0.1) is 0 Å². The second-order valence-corrected chi connectivity index (χ2v) is 8.50. The second kappa shape index (κ2) is 6.68. The topological polar surface area (TPSA) is 20.3 Å². The Morgan fingerprint density at radius 3 is 1.55 bits per heavy atom. The monoisotopic (exact) mass is 401 g/mol. The summed E-state index contributed by atoms with van der Waals surface area (Å²) in [6.45, 7) is 2.25. The fourth-order valence-corrected chi connectivity index (χ4v) is 5.84. The third-order valence-electron chi connectivity index (χ3n) is 6.95. The number of rotatable bonds is 3. The molecule has 0 spiro atoms. The lowest BCUT2D eigenvalue weighted by atomic mass is 9.56. The molecule has 0 saturated carbocycles. The number of nitrogens with zero attached hydrogens (tertiary/aromatic N) is 1. The van der Waals surface area contributed by atoms with Gasteiger partial charge in [-0.05, 0) is 38.9 Å². The van der Waals surface area contributed by atoms with Crippen molar-refractivity contribution in [1.29, 1.82) is 0 Å². The molecule has 0 atom stereocenters. The summed E-state index contributed by atoms with van der Waals surface area (Å²) in [7, 11) is 0. The van der Waals surface area contributed by atoms with E-state index in [2.05, 4.69) is 89.8 Å². The molecule has 1 amide bonds. The van der Waals surface area contributed by atoms with E-state index in [9.17, 15) is 4.79 Å². The van der Waals surface area contributed by atoms with Gasteiger partial charge in [0.1, 0.15) is 5.54 Å². The van der Waals surface area contributed by atoms with Gasteiger partial charge in [0, 0.05) is 19.4 Å². The fourth-order valence-electron chi connectivity index (χ4n) is 5.84. The lowest BCUT2D eigenvalue weighted by molar-refractivity contribution is -0.134. The molecule has 0 unspecified atom stereocenters. The van der Waals surface area contributed by atoms with E-state index < -0.39 is 5.54 Å². The molecule has 0 N–H and O–H groups in total. The van der Waals surface area contributed by atoms with Crippen molar-refractivity contribution in [1.82, 2.24) is 4.90 Å². The largest absolute Gasteiger partial charge is 0.321 e. The quantitative estimate of drug-likeness (QED) is 0.423. The van der Waals surface area contributed by atoms with Gasteiger partial charge in [0.25, 0.3) is 0 Å². The molecule has 4 aromatic rings. The Hall–Kier alpha value is -3.65. The van der Waals surface area contributed by atoms with Crippen LogP contribution in [0.5, 0.6) is 0 Å². The summed E-state index contributed by atoms with van der Waals surface area (Å²) >= 11 is 0. The van der Waals surface area contributed by atoms with Crippen molar-refractivity contribution in [3.8, 4) is 0 Å². The van der Waals surface area contributed by atoms with E-state index in [0.29, 0.717) is 6.54 Å². The molecule has 0 aromatic heterocycles. The van der Waals surface area contributed by atoms with Crippen molar-refractivity contribution in [2.45, 2.75) is 24.9 Å². The van der Waals surface area contributed by atoms with Crippen LogP contribution in [0.4, 0.5) is 0 Å². The molecule has 0 fully saturated rings. The minimum absolute atomic E-state index is 0.0728. The highest BCUT2D eigenvalue weighted by Gasteiger charge is 2.55. The summed E-state index contributed by atoms with van der Waals surface area (Å²) in [5.74, 6) is 0.277. The fraction of sp³-hybridized carbons (Fsp3) is 0.138. The Morgan fingerprint density at radius 2 is 1.10 bits per heavy atom. The van der Waals surface area contributed by atoms with Crippen LogP contribution in [0.1, 0.15) is 51.8 Å². The van der Waals surface area contributed by atoms with Gasteiger partial charge in [-0.3, -0.25) is 4.79 Å². The Kier molecular flexibility index (Phi) is 3.91. The van der Waals surface area contributed by atoms with E-state index in [1.54, 1.807) is 6.92 Å². The molecule has 31 heavy (non-hydrogen) atoms. The van der Waals surface area contributed by atoms with E-state index >= 15 is 0 Å². The normalized spacial score (nSPS) is 19.8. The third-order valence-corrected chi connectivity index (χ3v) is 6.95. The first-order chi connectivity index (χ1) is 15.2. The smallest absolute Gasteiger partial charge is 0.221 e. The zero-order valence-corrected chi connectivity index (χ0v) is 17.5. The van der Waals surface area contributed by atoms with E-state index in [1.807, 2.05) is 18.2 Å². The molecule has 7 rings (SSSR count). The van der Waals surface area contributed by atoms with E-state index in [4.69, 9.17) is 0 Å². The Labute approximate surface area is 182 Å². The highest BCUT2D eigenvalue weighted by Crippen LogP contribution is 2.60. The summed E-state index contributed by atoms with van der Waals surface area (Å²) in [5.41, 5.74) is 8.08. The number of hydrogen-bond acceptors (Lipinski definition) is 1. The minimum atomic E-state index is -0.639. The average Bonchev–Trinajstić information content (AvgIpc) is 2.83. The number of carbonyl (C=O) groups excluding carboxylic acids is 1. The number of benzene rings is 4. The van der Waals surface area contributed by atoms with Gasteiger partial charge in [0.2, 0.25) is 5.91 Å². The highest BCUT2D eigenvalue weighted by molar-refractivity contribution is 5.81. The third kappa shape index (κ3) is 2.36. The van der Waals surface area contributed by atoms with Crippen molar-refractivity contribution >= 4 is 5.91 Å². The first-order valence-electron chi connectivity index (χ1n) is 10.8. The predicted octanol–water partition coefficient (Wildman–Crippen LogP) is 5.83. The second-order valence-electron chi connectivity index (χ2n) is 8.50. The lowest BCUT2D eigenvalue weighted by Gasteiger charge is -2.55. The molecule has 0 aliphatic heterocycles. The van der Waals surface area contributed by atoms with Crippen LogP contribution in [0.3, 0.4) is 0 Å². The molecule has 3 aliphatic carbocycles. The Morgan fingerprint density at radius 1 is 0.677 bits per heavy atom. The molecule has 150 valence electrons. The summed E-state index contributed by atoms with van der Waals surface area (Å²) in [4.78, 5) is 15.5. The summed E-state index contributed by atoms with van der Waals surface area (Å²) in [5, 5.41) is 0. The number of hydrogen-bond donors (Lipinski definition) is 0. The van der Waals surface area contributed by atoms with E-state index in [0.717, 1.165) is 5.56 Å². The SMILES string of the molecule is CC(=O)N(Cc1ccccc1)C12c3ccccc3C(c3ccccc31)c1ccccc12. The molecule has 0 radical (unpaired) electrons. The zero-order valence-electron chi connectivity index (χ0n) is 17.5. The van der Waals surface area contributed by atoms with Crippen LogP contribution in [0.15, 0.2) is 103 Å². The van der Waals surface area contributed by atoms with Crippen LogP contribution < -0.4 is 0 Å². The van der Waals surface area contributed by atoms with E-state index in [-0.39, 0.29) is 11.8 Å². The maximum Gasteiger partial charge on any atom is 0.221 e. The van der Waals surface area contributed by atoms with Crippen molar-refractivity contribution in [3.63, 3.8) is 0 Å². The van der Waals surface area contributed by atoms with Crippen LogP contribution in [-0.2, 0) is 16.9 Å². The van der Waals surface area contributed by atoms with Gasteiger partial charge in [-0.25, -0.2) is 0 Å². The minimum Gasteiger partial charge on any atom is -0.321 e. The first-order valence-corrected chi connectivity index (χ1v) is 10.8. The molecule has 3 aliphatic rings. The molecule has 4 aromatic carbocycles. The predicted molar refractivity (Wildman–Crippen MR) is 123 cm³/mol. The zero-order chi connectivity index (χ0) is 21.0. The van der Waals surface area contributed by atoms with Gasteiger partial charge < -0.3 is 4.90 Å². The number of amides is 1. The summed E-state index contributed by atoms with van der Waals surface area (Å²) in [6, 6.07) is 36.3. The average molecular weight is 402 g/mol. The molecule has 0 saturated heterocycles. The van der Waals surface area contributed by atoms with Crippen molar-refractivity contribution in [2.75, 3.05) is 0 Å². The molecular formula is C29H23NO. The van der Waals surface area contributed by atoms with Crippen LogP contribution in [0.25, 0.3) is 0 Å². The summed E-state index contributed by atoms with van der Waals surface area (Å²) in [6.07, 6.45) is 0. The highest BCUT2D eigenvalue weighted by atomic mass is 16.2. The number of carbonyl (C=O) groups is 1. The molecule has 0 heterocycles. The molecule has 2 bridgehead atoms. The van der Waals surface area contributed by atoms with Crippen LogP contribution >= 0.6 is 0 Å². The standard InChI is InChI=1S/C29H23NO/c1-20(31)30(19-21-11-3-2-4-12-21)29-25-16-8-5-13-22(25)28(23-14-6-9-17-26(23)29)24-15-7-10-18-27(24)29/h2-18,28H,19H2,1H3. The van der Waals surface area contributed by atoms with Crippen molar-refractivity contribution < 1.29 is 4.79 Å². The van der Waals surface area contributed by atoms with Crippen LogP contribution in [0.2, 0.25) is 0 Å². The summed E-state index contributed by atoms with van der Waals surface area (Å²) < 4.78 is 0. The van der Waals surface area contributed by atoms with Gasteiger partial charge in [-0.15, -0.1) is 0 Å². The van der Waals surface area contributed by atoms with Crippen LogP contribution in [-0.4, -0.2) is 10.8 Å². The van der Waals surface area contributed by atoms with Gasteiger partial charge in [-0.1, -0.05) is 103 Å². The van der Waals surface area contributed by atoms with E-state index in [1.165, 1.54) is 33.4 Å². The maximum absolute atomic E-state index is 13.4. The van der Waals surface area contributed by atoms with Crippen molar-refractivity contribution in [3.05, 3.63) is 142 Å². The van der Waals surface area contributed by atoms with Gasteiger partial charge in [0.15, 0.2) is 0 Å². The Balaban J connectivity index is 1.73. The Bertz CT molecular complexity index is 1190. The molecular weight excluding hydrogens is 378 g/mol. The first kappa shape index (κ1) is 18.1. The van der Waals surface area contributed by atoms with Gasteiger partial charge in [-0.2, -0.15) is 0 Å².